The minimum atomic E-state index is -0.957. The Labute approximate surface area is 112 Å². The predicted octanol–water partition coefficient (Wildman–Crippen LogP) is 3.90. The van der Waals surface area contributed by atoms with E-state index in [2.05, 4.69) is 0 Å². The van der Waals surface area contributed by atoms with E-state index in [0.717, 1.165) is 18.2 Å². The van der Waals surface area contributed by atoms with Crippen molar-refractivity contribution in [1.82, 2.24) is 0 Å². The second-order valence-electron chi connectivity index (χ2n) is 4.47. The average molecular weight is 277 g/mol. The van der Waals surface area contributed by atoms with Gasteiger partial charge < -0.3 is 10.2 Å². The van der Waals surface area contributed by atoms with Gasteiger partial charge in [-0.3, -0.25) is 0 Å². The number of nitrogens with two attached hydrogens (primary N) is 1. The lowest BCUT2D eigenvalue weighted by Gasteiger charge is -2.10. The minimum absolute atomic E-state index is 0.00970. The number of benzene rings is 2. The molecular weight excluding hydrogens is 267 g/mol. The normalized spacial score (nSPS) is 12.8. The van der Waals surface area contributed by atoms with Crippen molar-refractivity contribution >= 4 is 11.0 Å². The fourth-order valence-corrected chi connectivity index (χ4v) is 2.09. The molecule has 0 bridgehead atoms. The van der Waals surface area contributed by atoms with Crippen LogP contribution in [0.2, 0.25) is 0 Å². The van der Waals surface area contributed by atoms with Crippen molar-refractivity contribution in [3.63, 3.8) is 0 Å². The predicted molar refractivity (Wildman–Crippen MR) is 68.6 cm³/mol. The second kappa shape index (κ2) is 4.68. The van der Waals surface area contributed by atoms with E-state index in [1.54, 1.807) is 0 Å². The molecule has 0 spiro atoms. The third-order valence-electron chi connectivity index (χ3n) is 3.10. The van der Waals surface area contributed by atoms with E-state index in [4.69, 9.17) is 10.2 Å². The number of hydrogen-bond donors (Lipinski definition) is 1. The van der Waals surface area contributed by atoms with E-state index in [0.29, 0.717) is 11.0 Å². The molecule has 0 aliphatic heterocycles. The molecule has 0 amide bonds. The van der Waals surface area contributed by atoms with Crippen molar-refractivity contribution in [3.05, 3.63) is 71.2 Å². The zero-order valence-corrected chi connectivity index (χ0v) is 10.2. The molecule has 0 saturated carbocycles. The summed E-state index contributed by atoms with van der Waals surface area (Å²) < 4.78 is 45.4. The fraction of sp³-hybridized carbons (Fsp3) is 0.0667. The summed E-state index contributed by atoms with van der Waals surface area (Å²) in [6, 6.07) is 7.61. The zero-order valence-electron chi connectivity index (χ0n) is 10.2. The van der Waals surface area contributed by atoms with E-state index in [-0.39, 0.29) is 11.3 Å². The molecule has 1 atom stereocenters. The minimum Gasteiger partial charge on any atom is -0.459 e. The van der Waals surface area contributed by atoms with Gasteiger partial charge in [-0.25, -0.2) is 13.2 Å². The standard InChI is InChI=1S/C15H10F3NO/c16-9-2-4-13-8(5-9)6-14(20-13)15(19)11-7-10(17)1-3-12(11)18/h1-7,15H,19H2. The van der Waals surface area contributed by atoms with E-state index in [1.165, 1.54) is 24.3 Å². The number of furan rings is 1. The Morgan fingerprint density at radius 1 is 0.900 bits per heavy atom. The van der Waals surface area contributed by atoms with Crippen LogP contribution in [0.4, 0.5) is 13.2 Å². The van der Waals surface area contributed by atoms with Crippen LogP contribution in [-0.2, 0) is 0 Å². The summed E-state index contributed by atoms with van der Waals surface area (Å²) in [5, 5.41) is 0.521. The fourth-order valence-electron chi connectivity index (χ4n) is 2.09. The van der Waals surface area contributed by atoms with Gasteiger partial charge in [-0.05, 0) is 42.5 Å². The molecule has 2 aromatic carbocycles. The Bertz CT molecular complexity index is 782. The first-order valence-corrected chi connectivity index (χ1v) is 5.94. The van der Waals surface area contributed by atoms with Gasteiger partial charge in [0.05, 0.1) is 6.04 Å². The first-order valence-electron chi connectivity index (χ1n) is 5.94. The van der Waals surface area contributed by atoms with Gasteiger partial charge >= 0.3 is 0 Å². The number of halogens is 3. The molecule has 5 heteroatoms. The van der Waals surface area contributed by atoms with Crippen LogP contribution in [0.3, 0.4) is 0 Å². The van der Waals surface area contributed by atoms with Gasteiger partial charge in [-0.15, -0.1) is 0 Å². The van der Waals surface area contributed by atoms with Crippen LogP contribution in [0.25, 0.3) is 11.0 Å². The Balaban J connectivity index is 2.07. The van der Waals surface area contributed by atoms with Crippen molar-refractivity contribution in [2.75, 3.05) is 0 Å². The molecular formula is C15H10F3NO. The van der Waals surface area contributed by atoms with Crippen molar-refractivity contribution in [3.8, 4) is 0 Å². The lowest BCUT2D eigenvalue weighted by atomic mass is 10.0. The molecule has 0 fully saturated rings. The molecule has 3 rings (SSSR count). The van der Waals surface area contributed by atoms with Gasteiger partial charge in [-0.2, -0.15) is 0 Å². The highest BCUT2D eigenvalue weighted by molar-refractivity contribution is 5.78. The highest BCUT2D eigenvalue weighted by Gasteiger charge is 2.18. The molecule has 3 aromatic rings. The van der Waals surface area contributed by atoms with Gasteiger partial charge in [0.15, 0.2) is 0 Å². The van der Waals surface area contributed by atoms with Gasteiger partial charge in [0.1, 0.15) is 28.8 Å². The van der Waals surface area contributed by atoms with Gasteiger partial charge in [0.2, 0.25) is 0 Å². The third kappa shape index (κ3) is 2.16. The Hall–Kier alpha value is -2.27. The molecule has 0 radical (unpaired) electrons. The Morgan fingerprint density at radius 2 is 1.60 bits per heavy atom. The molecule has 1 unspecified atom stereocenters. The van der Waals surface area contributed by atoms with Crippen molar-refractivity contribution in [1.29, 1.82) is 0 Å². The first-order chi connectivity index (χ1) is 9.54. The highest BCUT2D eigenvalue weighted by atomic mass is 19.1. The monoisotopic (exact) mass is 277 g/mol. The summed E-state index contributed by atoms with van der Waals surface area (Å²) in [6.07, 6.45) is 0. The van der Waals surface area contributed by atoms with Gasteiger partial charge in [-0.1, -0.05) is 0 Å². The quantitative estimate of drug-likeness (QED) is 0.771. The molecule has 0 aliphatic carbocycles. The lowest BCUT2D eigenvalue weighted by Crippen LogP contribution is -2.13. The third-order valence-corrected chi connectivity index (χ3v) is 3.10. The number of fused-ring (bicyclic) bond motifs is 1. The van der Waals surface area contributed by atoms with Gasteiger partial charge in [0, 0.05) is 10.9 Å². The summed E-state index contributed by atoms with van der Waals surface area (Å²) >= 11 is 0. The summed E-state index contributed by atoms with van der Waals surface area (Å²) in [4.78, 5) is 0. The van der Waals surface area contributed by atoms with Crippen LogP contribution in [-0.4, -0.2) is 0 Å². The van der Waals surface area contributed by atoms with E-state index in [1.807, 2.05) is 0 Å². The summed E-state index contributed by atoms with van der Waals surface area (Å²) in [7, 11) is 0. The molecule has 0 aliphatic rings. The zero-order chi connectivity index (χ0) is 14.3. The van der Waals surface area contributed by atoms with Crippen molar-refractivity contribution < 1.29 is 17.6 Å². The molecule has 20 heavy (non-hydrogen) atoms. The van der Waals surface area contributed by atoms with Crippen LogP contribution < -0.4 is 5.73 Å². The molecule has 2 nitrogen and oxygen atoms in total. The number of hydrogen-bond acceptors (Lipinski definition) is 2. The topological polar surface area (TPSA) is 39.2 Å². The van der Waals surface area contributed by atoms with Crippen LogP contribution in [0.5, 0.6) is 0 Å². The van der Waals surface area contributed by atoms with Crippen LogP contribution in [0, 0.1) is 17.5 Å². The van der Waals surface area contributed by atoms with E-state index in [9.17, 15) is 13.2 Å². The molecule has 102 valence electrons. The van der Waals surface area contributed by atoms with Gasteiger partial charge in [0.25, 0.3) is 0 Å². The molecule has 2 N–H and O–H groups in total. The second-order valence-corrected chi connectivity index (χ2v) is 4.47. The molecule has 0 saturated heterocycles. The molecule has 1 heterocycles. The summed E-state index contributed by atoms with van der Waals surface area (Å²) in [6.45, 7) is 0. The smallest absolute Gasteiger partial charge is 0.134 e. The SMILES string of the molecule is NC(c1cc2cc(F)ccc2o1)c1cc(F)ccc1F. The maximum atomic E-state index is 13.7. The Morgan fingerprint density at radius 3 is 2.40 bits per heavy atom. The van der Waals surface area contributed by atoms with Crippen LogP contribution in [0.15, 0.2) is 46.9 Å². The number of rotatable bonds is 2. The van der Waals surface area contributed by atoms with Crippen molar-refractivity contribution in [2.24, 2.45) is 5.73 Å². The Kier molecular flexibility index (Phi) is 2.99. The van der Waals surface area contributed by atoms with Crippen molar-refractivity contribution in [2.45, 2.75) is 6.04 Å². The molecule has 1 aromatic heterocycles. The van der Waals surface area contributed by atoms with E-state index < -0.39 is 23.5 Å². The maximum Gasteiger partial charge on any atom is 0.134 e. The first kappa shape index (κ1) is 12.7. The average Bonchev–Trinajstić information content (AvgIpc) is 2.83. The summed E-state index contributed by atoms with van der Waals surface area (Å²) in [5.41, 5.74) is 6.32. The van der Waals surface area contributed by atoms with Crippen LogP contribution >= 0.6 is 0 Å². The summed E-state index contributed by atoms with van der Waals surface area (Å²) in [5.74, 6) is -1.37. The highest BCUT2D eigenvalue weighted by Crippen LogP contribution is 2.28. The van der Waals surface area contributed by atoms with E-state index >= 15 is 0 Å². The maximum absolute atomic E-state index is 13.7. The van der Waals surface area contributed by atoms with Crippen LogP contribution in [0.1, 0.15) is 17.4 Å². The largest absolute Gasteiger partial charge is 0.459 e. The lowest BCUT2D eigenvalue weighted by molar-refractivity contribution is 0.506.